The lowest BCUT2D eigenvalue weighted by atomic mass is 9.44. The second kappa shape index (κ2) is 14.3. The van der Waals surface area contributed by atoms with Gasteiger partial charge in [0.15, 0.2) is 0 Å². The highest BCUT2D eigenvalue weighted by molar-refractivity contribution is 5.82. The van der Waals surface area contributed by atoms with Crippen molar-refractivity contribution in [2.75, 3.05) is 0 Å². The quantitative estimate of drug-likeness (QED) is 0.229. The molecule has 47 heavy (non-hydrogen) atoms. The van der Waals surface area contributed by atoms with E-state index >= 15 is 0 Å². The molecule has 6 rings (SSSR count). The first-order valence-corrected chi connectivity index (χ1v) is 19.4. The molecule has 0 radical (unpaired) electrons. The van der Waals surface area contributed by atoms with Crippen molar-refractivity contribution in [1.82, 2.24) is 5.32 Å². The Hall–Kier alpha value is -2.33. The predicted octanol–water partition coefficient (Wildman–Crippen LogP) is 9.46. The maximum absolute atomic E-state index is 13.5. The van der Waals surface area contributed by atoms with Crippen LogP contribution in [0.4, 0.5) is 0 Å². The number of amides is 1. The first-order valence-electron chi connectivity index (χ1n) is 19.4. The van der Waals surface area contributed by atoms with Gasteiger partial charge in [-0.2, -0.15) is 0 Å². The van der Waals surface area contributed by atoms with Crippen LogP contribution in [0, 0.1) is 52.3 Å². The van der Waals surface area contributed by atoms with Crippen molar-refractivity contribution >= 4 is 5.91 Å². The van der Waals surface area contributed by atoms with Gasteiger partial charge in [0.05, 0.1) is 6.04 Å². The van der Waals surface area contributed by atoms with Gasteiger partial charge < -0.3 is 16.2 Å². The van der Waals surface area contributed by atoms with Gasteiger partial charge in [0, 0.05) is 6.04 Å². The molecule has 2 unspecified atom stereocenters. The van der Waals surface area contributed by atoms with Gasteiger partial charge in [-0.1, -0.05) is 90.3 Å². The summed E-state index contributed by atoms with van der Waals surface area (Å²) >= 11 is 0. The van der Waals surface area contributed by atoms with Crippen LogP contribution in [0.3, 0.4) is 0 Å². The van der Waals surface area contributed by atoms with Crippen LogP contribution in [0.1, 0.15) is 128 Å². The standard InChI is InChI=1S/C43H64N2O2/c1-28(2)10-9-11-29(3)37-18-19-38-36-17-15-33-27-34(20-22-42(33,4)39(36)21-23-43(37,38)5)45-41(47)40(44)26-31-14-16-35(46)25-32(31)24-30-12-7-6-8-13-30/h6-8,12-14,16,25,28-29,33-34,36-40,46H,9-11,15,17-24,26-27,44H2,1-5H3,(H,45,47)/t29-,33?,34?,36+,37-,38+,39+,40+,42+,43-/m1/s1. The first-order chi connectivity index (χ1) is 22.5. The SMILES string of the molecule is CC(C)CCC[C@@H](C)[C@H]1CC[C@H]2[C@@H]3CCC4CC(NC(=O)[C@@H](N)Cc5ccc(O)cc5Cc5ccccc5)CC[C@]4(C)[C@H]3CC[C@]12C. The normalized spacial score (nSPS) is 34.6. The van der Waals surface area contributed by atoms with Crippen molar-refractivity contribution in [1.29, 1.82) is 0 Å². The Morgan fingerprint density at radius 3 is 2.40 bits per heavy atom. The summed E-state index contributed by atoms with van der Waals surface area (Å²) in [4.78, 5) is 13.5. The van der Waals surface area contributed by atoms with Crippen LogP contribution >= 0.6 is 0 Å². The minimum absolute atomic E-state index is 0.0287. The van der Waals surface area contributed by atoms with Gasteiger partial charge in [-0.15, -0.1) is 0 Å². The molecule has 0 heterocycles. The van der Waals surface area contributed by atoms with E-state index in [1.54, 1.807) is 6.07 Å². The molecule has 4 N–H and O–H groups in total. The molecule has 258 valence electrons. The van der Waals surface area contributed by atoms with E-state index in [9.17, 15) is 9.90 Å². The molecule has 2 aromatic carbocycles. The van der Waals surface area contributed by atoms with Crippen molar-refractivity contribution in [3.8, 4) is 5.75 Å². The van der Waals surface area contributed by atoms with E-state index in [0.717, 1.165) is 59.5 Å². The Labute approximate surface area is 286 Å². The molecule has 4 fully saturated rings. The fourth-order valence-corrected chi connectivity index (χ4v) is 11.8. The number of aromatic hydroxyl groups is 1. The number of benzene rings is 2. The highest BCUT2D eigenvalue weighted by Crippen LogP contribution is 2.68. The highest BCUT2D eigenvalue weighted by Gasteiger charge is 2.60. The Kier molecular flexibility index (Phi) is 10.5. The highest BCUT2D eigenvalue weighted by atomic mass is 16.3. The van der Waals surface area contributed by atoms with Gasteiger partial charge in [0.25, 0.3) is 0 Å². The van der Waals surface area contributed by atoms with Gasteiger partial charge in [-0.05, 0) is 152 Å². The second-order valence-electron chi connectivity index (χ2n) is 17.6. The smallest absolute Gasteiger partial charge is 0.237 e. The van der Waals surface area contributed by atoms with E-state index in [1.165, 1.54) is 69.8 Å². The number of fused-ring (bicyclic) bond motifs is 5. The lowest BCUT2D eigenvalue weighted by Gasteiger charge is -2.61. The molecular weight excluding hydrogens is 576 g/mol. The fourth-order valence-electron chi connectivity index (χ4n) is 11.8. The van der Waals surface area contributed by atoms with Crippen LogP contribution in [0.15, 0.2) is 48.5 Å². The summed E-state index contributed by atoms with van der Waals surface area (Å²) in [6, 6.07) is 15.4. The zero-order valence-corrected chi connectivity index (χ0v) is 30.1. The van der Waals surface area contributed by atoms with Crippen LogP contribution < -0.4 is 11.1 Å². The number of hydrogen-bond acceptors (Lipinski definition) is 3. The molecule has 4 nitrogen and oxygen atoms in total. The van der Waals surface area contributed by atoms with Gasteiger partial charge in [0.2, 0.25) is 5.91 Å². The van der Waals surface area contributed by atoms with Crippen LogP contribution in [0.2, 0.25) is 0 Å². The number of phenols is 1. The van der Waals surface area contributed by atoms with E-state index in [1.807, 2.05) is 30.3 Å². The Balaban J connectivity index is 1.04. The minimum atomic E-state index is -0.600. The molecule has 2 aromatic rings. The second-order valence-corrected chi connectivity index (χ2v) is 17.6. The van der Waals surface area contributed by atoms with Crippen molar-refractivity contribution in [3.05, 3.63) is 65.2 Å². The summed E-state index contributed by atoms with van der Waals surface area (Å²) in [6.45, 7) is 12.7. The largest absolute Gasteiger partial charge is 0.508 e. The molecule has 0 bridgehead atoms. The van der Waals surface area contributed by atoms with Crippen LogP contribution in [-0.2, 0) is 17.6 Å². The molecule has 0 aliphatic heterocycles. The molecule has 4 aliphatic carbocycles. The third-order valence-electron chi connectivity index (χ3n) is 14.4. The van der Waals surface area contributed by atoms with Gasteiger partial charge in [0.1, 0.15) is 5.75 Å². The Bertz CT molecular complexity index is 1360. The zero-order chi connectivity index (χ0) is 33.3. The number of nitrogens with two attached hydrogens (primary N) is 1. The summed E-state index contributed by atoms with van der Waals surface area (Å²) in [5.74, 6) is 6.19. The number of nitrogens with one attached hydrogen (secondary N) is 1. The van der Waals surface area contributed by atoms with Crippen molar-refractivity contribution in [2.24, 2.45) is 58.0 Å². The number of carbonyl (C=O) groups is 1. The molecule has 4 aliphatic rings. The number of hydrogen-bond donors (Lipinski definition) is 3. The lowest BCUT2D eigenvalue weighted by Crippen LogP contribution is -2.56. The Morgan fingerprint density at radius 2 is 1.64 bits per heavy atom. The minimum Gasteiger partial charge on any atom is -0.508 e. The molecule has 0 spiro atoms. The summed E-state index contributed by atoms with van der Waals surface area (Å²) in [7, 11) is 0. The molecule has 4 saturated carbocycles. The molecule has 1 amide bonds. The lowest BCUT2D eigenvalue weighted by molar-refractivity contribution is -0.128. The van der Waals surface area contributed by atoms with Gasteiger partial charge in [-0.25, -0.2) is 0 Å². The number of carbonyl (C=O) groups excluding carboxylic acids is 1. The molecule has 0 aromatic heterocycles. The average Bonchev–Trinajstić information content (AvgIpc) is 3.40. The third kappa shape index (κ3) is 7.19. The van der Waals surface area contributed by atoms with Crippen molar-refractivity contribution in [2.45, 2.75) is 137 Å². The summed E-state index contributed by atoms with van der Waals surface area (Å²) < 4.78 is 0. The van der Waals surface area contributed by atoms with E-state index in [4.69, 9.17) is 5.73 Å². The summed E-state index contributed by atoms with van der Waals surface area (Å²) in [6.07, 6.45) is 17.3. The van der Waals surface area contributed by atoms with E-state index in [0.29, 0.717) is 29.6 Å². The summed E-state index contributed by atoms with van der Waals surface area (Å²) in [5, 5.41) is 13.6. The average molecular weight is 641 g/mol. The first kappa shape index (κ1) is 34.5. The van der Waals surface area contributed by atoms with Gasteiger partial charge >= 0.3 is 0 Å². The van der Waals surface area contributed by atoms with Gasteiger partial charge in [-0.3, -0.25) is 4.79 Å². The van der Waals surface area contributed by atoms with Crippen molar-refractivity contribution in [3.63, 3.8) is 0 Å². The van der Waals surface area contributed by atoms with Crippen LogP contribution in [0.5, 0.6) is 5.75 Å². The third-order valence-corrected chi connectivity index (χ3v) is 14.4. The monoisotopic (exact) mass is 640 g/mol. The molecule has 0 saturated heterocycles. The van der Waals surface area contributed by atoms with E-state index < -0.39 is 6.04 Å². The predicted molar refractivity (Wildman–Crippen MR) is 194 cm³/mol. The topological polar surface area (TPSA) is 75.4 Å². The fraction of sp³-hybridized carbons (Fsp3) is 0.698. The van der Waals surface area contributed by atoms with Crippen molar-refractivity contribution < 1.29 is 9.90 Å². The number of rotatable bonds is 11. The Morgan fingerprint density at radius 1 is 0.894 bits per heavy atom. The molecule has 4 heteroatoms. The van der Waals surface area contributed by atoms with E-state index in [2.05, 4.69) is 52.1 Å². The zero-order valence-electron chi connectivity index (χ0n) is 30.1. The number of phenolic OH excluding ortho intramolecular Hbond substituents is 1. The van der Waals surface area contributed by atoms with E-state index in [-0.39, 0.29) is 17.7 Å². The van der Waals surface area contributed by atoms with Crippen LogP contribution in [0.25, 0.3) is 0 Å². The van der Waals surface area contributed by atoms with Crippen LogP contribution in [-0.4, -0.2) is 23.1 Å². The maximum Gasteiger partial charge on any atom is 0.237 e. The molecule has 10 atom stereocenters. The summed E-state index contributed by atoms with van der Waals surface area (Å²) in [5.41, 5.74) is 10.8. The maximum atomic E-state index is 13.5. The molecular formula is C43H64N2O2.